The van der Waals surface area contributed by atoms with E-state index in [9.17, 15) is 10.1 Å². The number of halogens is 1. The third kappa shape index (κ3) is 2.92. The summed E-state index contributed by atoms with van der Waals surface area (Å²) in [4.78, 5) is 18.1. The molecule has 2 aromatic rings. The van der Waals surface area contributed by atoms with Gasteiger partial charge in [-0.1, -0.05) is 0 Å². The summed E-state index contributed by atoms with van der Waals surface area (Å²) in [5, 5.41) is 10.6. The average Bonchev–Trinajstić information content (AvgIpc) is 2.34. The molecule has 2 aromatic heterocycles. The summed E-state index contributed by atoms with van der Waals surface area (Å²) in [6.07, 6.45) is 2.74. The molecule has 0 atom stereocenters. The Kier molecular flexibility index (Phi) is 3.70. The molecule has 0 aliphatic carbocycles. The van der Waals surface area contributed by atoms with E-state index in [0.717, 1.165) is 3.70 Å². The van der Waals surface area contributed by atoms with Crippen LogP contribution in [-0.2, 0) is 0 Å². The van der Waals surface area contributed by atoms with Crippen LogP contribution in [-0.4, -0.2) is 14.9 Å². The molecule has 0 unspecified atom stereocenters. The van der Waals surface area contributed by atoms with Gasteiger partial charge in [0.2, 0.25) is 5.88 Å². The van der Waals surface area contributed by atoms with Crippen molar-refractivity contribution >= 4 is 28.3 Å². The predicted octanol–water partition coefficient (Wildman–Crippen LogP) is 3.09. The zero-order valence-corrected chi connectivity index (χ0v) is 11.5. The van der Waals surface area contributed by atoms with Crippen LogP contribution in [0.2, 0.25) is 0 Å². The minimum atomic E-state index is -0.490. The first-order valence-electron chi connectivity index (χ1n) is 4.96. The monoisotopic (exact) mass is 357 g/mol. The second-order valence-electron chi connectivity index (χ2n) is 3.49. The summed E-state index contributed by atoms with van der Waals surface area (Å²) in [6.45, 7) is 1.70. The van der Waals surface area contributed by atoms with Crippen molar-refractivity contribution in [3.8, 4) is 11.6 Å². The van der Waals surface area contributed by atoms with Gasteiger partial charge < -0.3 is 4.74 Å². The normalized spacial score (nSPS) is 10.1. The summed E-state index contributed by atoms with van der Waals surface area (Å²) in [6, 6.07) is 4.98. The van der Waals surface area contributed by atoms with Gasteiger partial charge in [0, 0.05) is 11.6 Å². The van der Waals surface area contributed by atoms with Gasteiger partial charge in [0.1, 0.15) is 15.6 Å². The van der Waals surface area contributed by atoms with E-state index in [2.05, 4.69) is 32.6 Å². The minimum absolute atomic E-state index is 0.0550. The van der Waals surface area contributed by atoms with Gasteiger partial charge in [-0.05, 0) is 41.6 Å². The highest BCUT2D eigenvalue weighted by molar-refractivity contribution is 14.1. The Morgan fingerprint density at radius 1 is 1.33 bits per heavy atom. The van der Waals surface area contributed by atoms with Gasteiger partial charge in [-0.3, -0.25) is 10.1 Å². The molecule has 7 heteroatoms. The number of pyridine rings is 2. The predicted molar refractivity (Wildman–Crippen MR) is 72.7 cm³/mol. The van der Waals surface area contributed by atoms with Crippen LogP contribution in [0.5, 0.6) is 11.6 Å². The fourth-order valence-electron chi connectivity index (χ4n) is 1.29. The van der Waals surface area contributed by atoms with Gasteiger partial charge in [0.15, 0.2) is 0 Å². The van der Waals surface area contributed by atoms with Crippen molar-refractivity contribution < 1.29 is 9.66 Å². The Balaban J connectivity index is 2.24. The molecule has 0 N–H and O–H groups in total. The van der Waals surface area contributed by atoms with Crippen LogP contribution in [0.4, 0.5) is 5.69 Å². The number of aryl methyl sites for hydroxylation is 1. The van der Waals surface area contributed by atoms with Crippen molar-refractivity contribution in [3.05, 3.63) is 50.0 Å². The molecule has 2 heterocycles. The number of rotatable bonds is 3. The molecular formula is C11H8IN3O3. The lowest BCUT2D eigenvalue weighted by Crippen LogP contribution is -1.95. The average molecular weight is 357 g/mol. The lowest BCUT2D eigenvalue weighted by Gasteiger charge is -2.06. The zero-order valence-electron chi connectivity index (χ0n) is 9.33. The van der Waals surface area contributed by atoms with Crippen molar-refractivity contribution in [2.45, 2.75) is 6.92 Å². The number of nitro groups is 1. The van der Waals surface area contributed by atoms with Crippen LogP contribution in [0, 0.1) is 20.7 Å². The van der Waals surface area contributed by atoms with Crippen LogP contribution >= 0.6 is 22.6 Å². The third-order valence-corrected chi connectivity index (χ3v) is 2.78. The molecule has 0 saturated heterocycles. The number of nitrogens with zero attached hydrogens (tertiary/aromatic N) is 3. The smallest absolute Gasteiger partial charge is 0.288 e. The van der Waals surface area contributed by atoms with Gasteiger partial charge in [-0.25, -0.2) is 9.97 Å². The summed E-state index contributed by atoms with van der Waals surface area (Å²) in [5.74, 6) is 0.878. The standard InChI is InChI=1S/C11H8IN3O3/c1-7-4-8(15(16)17)5-14-11(7)18-9-2-3-10(12)13-6-9/h2-6H,1H3. The molecule has 0 aliphatic heterocycles. The molecule has 6 nitrogen and oxygen atoms in total. The van der Waals surface area contributed by atoms with Crippen molar-refractivity contribution in [2.24, 2.45) is 0 Å². The maximum Gasteiger partial charge on any atom is 0.288 e. The maximum absolute atomic E-state index is 10.6. The van der Waals surface area contributed by atoms with Crippen LogP contribution in [0.3, 0.4) is 0 Å². The zero-order chi connectivity index (χ0) is 13.1. The number of hydrogen-bond donors (Lipinski definition) is 0. The lowest BCUT2D eigenvalue weighted by molar-refractivity contribution is -0.385. The molecule has 0 saturated carbocycles. The Bertz CT molecular complexity index is 587. The highest BCUT2D eigenvalue weighted by Crippen LogP contribution is 2.24. The largest absolute Gasteiger partial charge is 0.437 e. The van der Waals surface area contributed by atoms with Gasteiger partial charge in [-0.15, -0.1) is 0 Å². The highest BCUT2D eigenvalue weighted by Gasteiger charge is 2.11. The highest BCUT2D eigenvalue weighted by atomic mass is 127. The van der Waals surface area contributed by atoms with E-state index >= 15 is 0 Å². The fraction of sp³-hybridized carbons (Fsp3) is 0.0909. The van der Waals surface area contributed by atoms with Crippen molar-refractivity contribution in [2.75, 3.05) is 0 Å². The summed E-state index contributed by atoms with van der Waals surface area (Å²) >= 11 is 2.09. The van der Waals surface area contributed by atoms with Crippen molar-refractivity contribution in [1.82, 2.24) is 9.97 Å². The molecular weight excluding hydrogens is 349 g/mol. The molecule has 2 rings (SSSR count). The summed E-state index contributed by atoms with van der Waals surface area (Å²) in [7, 11) is 0. The third-order valence-electron chi connectivity index (χ3n) is 2.14. The maximum atomic E-state index is 10.6. The van der Waals surface area contributed by atoms with E-state index in [1.165, 1.54) is 12.3 Å². The Morgan fingerprint density at radius 3 is 2.67 bits per heavy atom. The SMILES string of the molecule is Cc1cc([N+](=O)[O-])cnc1Oc1ccc(I)nc1. The van der Waals surface area contributed by atoms with Crippen molar-refractivity contribution in [1.29, 1.82) is 0 Å². The topological polar surface area (TPSA) is 78.2 Å². The van der Waals surface area contributed by atoms with E-state index in [4.69, 9.17) is 4.74 Å². The van der Waals surface area contributed by atoms with E-state index in [1.54, 1.807) is 25.3 Å². The Hall–Kier alpha value is -1.77. The molecule has 0 radical (unpaired) electrons. The van der Waals surface area contributed by atoms with Crippen LogP contribution < -0.4 is 4.74 Å². The van der Waals surface area contributed by atoms with Crippen molar-refractivity contribution in [3.63, 3.8) is 0 Å². The minimum Gasteiger partial charge on any atom is -0.437 e. The fourth-order valence-corrected chi connectivity index (χ4v) is 1.61. The van der Waals surface area contributed by atoms with E-state index in [-0.39, 0.29) is 5.69 Å². The first kappa shape index (κ1) is 12.7. The van der Waals surface area contributed by atoms with Crippen LogP contribution in [0.25, 0.3) is 0 Å². The molecule has 0 amide bonds. The molecule has 0 fully saturated rings. The molecule has 0 aromatic carbocycles. The first-order chi connectivity index (χ1) is 8.56. The van der Waals surface area contributed by atoms with E-state index < -0.39 is 4.92 Å². The number of ether oxygens (including phenoxy) is 1. The van der Waals surface area contributed by atoms with Gasteiger partial charge in [0.25, 0.3) is 5.69 Å². The van der Waals surface area contributed by atoms with Crippen LogP contribution in [0.1, 0.15) is 5.56 Å². The molecule has 92 valence electrons. The molecule has 0 spiro atoms. The summed E-state index contributed by atoms with van der Waals surface area (Å²) < 4.78 is 6.35. The van der Waals surface area contributed by atoms with Gasteiger partial charge in [0.05, 0.1) is 11.1 Å². The number of hydrogen-bond acceptors (Lipinski definition) is 5. The quantitative estimate of drug-likeness (QED) is 0.365. The van der Waals surface area contributed by atoms with E-state index in [1.807, 2.05) is 0 Å². The molecule has 18 heavy (non-hydrogen) atoms. The first-order valence-corrected chi connectivity index (χ1v) is 6.04. The van der Waals surface area contributed by atoms with Crippen LogP contribution in [0.15, 0.2) is 30.6 Å². The lowest BCUT2D eigenvalue weighted by atomic mass is 10.3. The summed E-state index contributed by atoms with van der Waals surface area (Å²) in [5.41, 5.74) is 0.545. The Labute approximate surface area is 116 Å². The Morgan fingerprint density at radius 2 is 2.11 bits per heavy atom. The second kappa shape index (κ2) is 5.25. The van der Waals surface area contributed by atoms with Gasteiger partial charge >= 0.3 is 0 Å². The second-order valence-corrected chi connectivity index (χ2v) is 4.60. The van der Waals surface area contributed by atoms with Gasteiger partial charge in [-0.2, -0.15) is 0 Å². The number of aromatic nitrogens is 2. The van der Waals surface area contributed by atoms with E-state index in [0.29, 0.717) is 17.2 Å². The molecule has 0 bridgehead atoms. The molecule has 0 aliphatic rings.